The van der Waals surface area contributed by atoms with E-state index in [0.29, 0.717) is 0 Å². The third-order valence-corrected chi connectivity index (χ3v) is 4.86. The van der Waals surface area contributed by atoms with E-state index < -0.39 is 14.9 Å². The minimum atomic E-state index is -4.11. The van der Waals surface area contributed by atoms with Crippen LogP contribution >= 0.6 is 0 Å². The fraction of sp³-hybridized carbons (Fsp3) is 0.286. The highest BCUT2D eigenvalue weighted by Crippen LogP contribution is 2.37. The Bertz CT molecular complexity index is 612. The van der Waals surface area contributed by atoms with Gasteiger partial charge in [0.05, 0.1) is 0 Å². The highest BCUT2D eigenvalue weighted by atomic mass is 32.2. The van der Waals surface area contributed by atoms with Crippen LogP contribution in [-0.4, -0.2) is 17.7 Å². The molecule has 0 amide bonds. The lowest BCUT2D eigenvalue weighted by Gasteiger charge is -2.28. The van der Waals surface area contributed by atoms with E-state index >= 15 is 0 Å². The second-order valence-corrected chi connectivity index (χ2v) is 6.71. The van der Waals surface area contributed by atoms with Gasteiger partial charge in [-0.15, -0.1) is 0 Å². The Kier molecular flexibility index (Phi) is 3.17. The van der Waals surface area contributed by atoms with Gasteiger partial charge in [0.15, 0.2) is 0 Å². The van der Waals surface area contributed by atoms with Gasteiger partial charge in [-0.3, -0.25) is 4.55 Å². The Morgan fingerprint density at radius 2 is 1.83 bits per heavy atom. The van der Waals surface area contributed by atoms with Crippen molar-refractivity contribution in [2.45, 2.75) is 25.0 Å². The molecule has 1 atom stereocenters. The molecule has 0 heterocycles. The first-order valence-electron chi connectivity index (χ1n) is 5.75. The maximum Gasteiger partial charge on any atom is 0.274 e. The molecule has 0 aromatic heterocycles. The minimum Gasteiger partial charge on any atom is -0.285 e. The fourth-order valence-corrected chi connectivity index (χ4v) is 2.66. The van der Waals surface area contributed by atoms with Gasteiger partial charge in [0.2, 0.25) is 0 Å². The van der Waals surface area contributed by atoms with E-state index in [1.165, 1.54) is 6.92 Å². The van der Waals surface area contributed by atoms with Gasteiger partial charge in [0.25, 0.3) is 10.1 Å². The van der Waals surface area contributed by atoms with Gasteiger partial charge in [-0.1, -0.05) is 42.5 Å². The average molecular weight is 264 g/mol. The Hall–Kier alpha value is -1.39. The van der Waals surface area contributed by atoms with Crippen LogP contribution in [0.1, 0.15) is 25.8 Å². The molecule has 18 heavy (non-hydrogen) atoms. The Morgan fingerprint density at radius 3 is 2.39 bits per heavy atom. The summed E-state index contributed by atoms with van der Waals surface area (Å²) in [4.78, 5) is 0. The lowest BCUT2D eigenvalue weighted by Crippen LogP contribution is -2.34. The molecule has 4 heteroatoms. The fourth-order valence-electron chi connectivity index (χ4n) is 2.10. The van der Waals surface area contributed by atoms with Gasteiger partial charge in [0, 0.05) is 0 Å². The summed E-state index contributed by atoms with van der Waals surface area (Å²) < 4.78 is 31.1. The van der Waals surface area contributed by atoms with Gasteiger partial charge in [-0.05, 0) is 37.0 Å². The van der Waals surface area contributed by atoms with E-state index in [1.54, 1.807) is 12.2 Å². The molecule has 0 radical (unpaired) electrons. The maximum absolute atomic E-state index is 11.5. The number of rotatable bonds is 2. The first-order chi connectivity index (χ1) is 8.33. The highest BCUT2D eigenvalue weighted by Gasteiger charge is 2.38. The van der Waals surface area contributed by atoms with Crippen molar-refractivity contribution in [3.63, 3.8) is 0 Å². The first-order valence-corrected chi connectivity index (χ1v) is 7.19. The topological polar surface area (TPSA) is 54.4 Å². The number of allylic oxidation sites excluding steroid dienone is 3. The molecule has 1 aliphatic carbocycles. The van der Waals surface area contributed by atoms with E-state index in [1.807, 2.05) is 37.3 Å². The molecule has 1 aliphatic rings. The third kappa shape index (κ3) is 2.26. The van der Waals surface area contributed by atoms with Crippen molar-refractivity contribution in [1.29, 1.82) is 0 Å². The molecule has 0 spiro atoms. The minimum absolute atomic E-state index is 0.290. The molecule has 3 nitrogen and oxygen atoms in total. The van der Waals surface area contributed by atoms with Crippen molar-refractivity contribution < 1.29 is 13.0 Å². The van der Waals surface area contributed by atoms with Crippen LogP contribution in [0, 0.1) is 0 Å². The lowest BCUT2D eigenvalue weighted by atomic mass is 9.86. The van der Waals surface area contributed by atoms with Gasteiger partial charge in [-0.25, -0.2) is 0 Å². The standard InChI is InChI=1S/C14H16O3S/c1-11-8-9-14(2,18(15,16)17)10-13(11)12-6-4-3-5-7-12/h3-9H,10H2,1-2H3,(H,15,16,17). The predicted octanol–water partition coefficient (Wildman–Crippen LogP) is 3.07. The zero-order chi connectivity index (χ0) is 13.4. The van der Waals surface area contributed by atoms with Crippen LogP contribution in [0.25, 0.3) is 5.57 Å². The molecule has 0 saturated carbocycles. The number of hydrogen-bond acceptors (Lipinski definition) is 2. The summed E-state index contributed by atoms with van der Waals surface area (Å²) in [6.45, 7) is 3.48. The number of benzene rings is 1. The van der Waals surface area contributed by atoms with Crippen LogP contribution in [0.2, 0.25) is 0 Å². The van der Waals surface area contributed by atoms with Crippen molar-refractivity contribution in [1.82, 2.24) is 0 Å². The molecule has 0 aliphatic heterocycles. The molecule has 2 rings (SSSR count). The Morgan fingerprint density at radius 1 is 1.22 bits per heavy atom. The van der Waals surface area contributed by atoms with Crippen LogP contribution in [0.4, 0.5) is 0 Å². The van der Waals surface area contributed by atoms with Crippen molar-refractivity contribution >= 4 is 15.7 Å². The average Bonchev–Trinajstić information content (AvgIpc) is 2.32. The highest BCUT2D eigenvalue weighted by molar-refractivity contribution is 7.87. The normalized spacial score (nSPS) is 24.4. The van der Waals surface area contributed by atoms with Gasteiger partial charge in [0.1, 0.15) is 4.75 Å². The summed E-state index contributed by atoms with van der Waals surface area (Å²) in [6.07, 6.45) is 3.61. The molecule has 1 aromatic carbocycles. The van der Waals surface area contributed by atoms with E-state index in [-0.39, 0.29) is 6.42 Å². The van der Waals surface area contributed by atoms with E-state index in [9.17, 15) is 13.0 Å². The summed E-state index contributed by atoms with van der Waals surface area (Å²) in [5, 5.41) is 0. The molecule has 0 bridgehead atoms. The lowest BCUT2D eigenvalue weighted by molar-refractivity contribution is 0.453. The van der Waals surface area contributed by atoms with Gasteiger partial charge >= 0.3 is 0 Å². The summed E-state index contributed by atoms with van der Waals surface area (Å²) in [7, 11) is -4.11. The molecular formula is C14H16O3S. The first kappa shape index (κ1) is 13.1. The number of hydrogen-bond donors (Lipinski definition) is 1. The zero-order valence-corrected chi connectivity index (χ0v) is 11.2. The van der Waals surface area contributed by atoms with Crippen LogP contribution in [0.15, 0.2) is 48.1 Å². The molecule has 1 aromatic rings. The largest absolute Gasteiger partial charge is 0.285 e. The van der Waals surface area contributed by atoms with Crippen LogP contribution in [0.3, 0.4) is 0 Å². The summed E-state index contributed by atoms with van der Waals surface area (Å²) in [5.74, 6) is 0. The molecule has 1 unspecified atom stereocenters. The summed E-state index contributed by atoms with van der Waals surface area (Å²) >= 11 is 0. The predicted molar refractivity (Wildman–Crippen MR) is 72.7 cm³/mol. The molecule has 1 N–H and O–H groups in total. The quantitative estimate of drug-likeness (QED) is 0.835. The van der Waals surface area contributed by atoms with Crippen molar-refractivity contribution in [2.75, 3.05) is 0 Å². The van der Waals surface area contributed by atoms with E-state index in [0.717, 1.165) is 16.7 Å². The monoisotopic (exact) mass is 264 g/mol. The molecule has 0 fully saturated rings. The molecule has 0 saturated heterocycles. The zero-order valence-electron chi connectivity index (χ0n) is 10.4. The van der Waals surface area contributed by atoms with Crippen LogP contribution in [0.5, 0.6) is 0 Å². The van der Waals surface area contributed by atoms with E-state index in [2.05, 4.69) is 0 Å². The smallest absolute Gasteiger partial charge is 0.274 e. The summed E-state index contributed by atoms with van der Waals surface area (Å²) in [6, 6.07) is 9.64. The summed E-state index contributed by atoms with van der Waals surface area (Å²) in [5.41, 5.74) is 2.98. The SMILES string of the molecule is CC1=C(c2ccccc2)CC(C)(S(=O)(=O)O)C=C1. The third-order valence-electron chi connectivity index (χ3n) is 3.40. The van der Waals surface area contributed by atoms with Crippen molar-refractivity contribution in [2.24, 2.45) is 0 Å². The Balaban J connectivity index is 2.48. The van der Waals surface area contributed by atoms with Crippen LogP contribution in [-0.2, 0) is 10.1 Å². The van der Waals surface area contributed by atoms with Crippen LogP contribution < -0.4 is 0 Å². The maximum atomic E-state index is 11.5. The second kappa shape index (κ2) is 4.37. The Labute approximate surface area is 108 Å². The van der Waals surface area contributed by atoms with Gasteiger partial charge < -0.3 is 0 Å². The molecular weight excluding hydrogens is 248 g/mol. The molecule has 96 valence electrons. The van der Waals surface area contributed by atoms with Crippen molar-refractivity contribution in [3.8, 4) is 0 Å². The second-order valence-electron chi connectivity index (χ2n) is 4.83. The van der Waals surface area contributed by atoms with Gasteiger partial charge in [-0.2, -0.15) is 8.42 Å². The van der Waals surface area contributed by atoms with E-state index in [4.69, 9.17) is 0 Å². The van der Waals surface area contributed by atoms with Crippen molar-refractivity contribution in [3.05, 3.63) is 53.6 Å².